The Balaban J connectivity index is 1.61. The molecule has 0 radical (unpaired) electrons. The topological polar surface area (TPSA) is 50.8 Å². The minimum absolute atomic E-state index is 0.0807. The average Bonchev–Trinajstić information content (AvgIpc) is 2.68. The number of anilines is 2. The van der Waals surface area contributed by atoms with Crippen LogP contribution in [0.1, 0.15) is 13.3 Å². The molecule has 3 rings (SSSR count). The van der Waals surface area contributed by atoms with Gasteiger partial charge in [0, 0.05) is 24.5 Å². The third kappa shape index (κ3) is 4.52. The Kier molecular flexibility index (Phi) is 6.07. The summed E-state index contributed by atoms with van der Waals surface area (Å²) in [5.74, 6) is -0.694. The van der Waals surface area contributed by atoms with E-state index in [4.69, 9.17) is 9.47 Å². The Morgan fingerprint density at radius 2 is 1.88 bits per heavy atom. The molecule has 0 saturated carbocycles. The Hall–Kier alpha value is -2.60. The maximum absolute atomic E-state index is 13.7. The second-order valence-electron chi connectivity index (χ2n) is 6.08. The van der Waals surface area contributed by atoms with E-state index >= 15 is 0 Å². The third-order valence-corrected chi connectivity index (χ3v) is 4.28. The number of ether oxygens (including phenoxy) is 2. The van der Waals surface area contributed by atoms with E-state index in [2.05, 4.69) is 10.2 Å². The molecule has 2 aromatic rings. The normalized spacial score (nSPS) is 15.4. The number of carbonyl (C=O) groups is 1. The number of nitrogens with one attached hydrogen (secondary N) is 1. The fourth-order valence-corrected chi connectivity index (χ4v) is 2.82. The van der Waals surface area contributed by atoms with Gasteiger partial charge in [0.2, 0.25) is 0 Å². The third-order valence-electron chi connectivity index (χ3n) is 4.28. The summed E-state index contributed by atoms with van der Waals surface area (Å²) in [5, 5.41) is 2.83. The Labute approximate surface area is 152 Å². The molecule has 0 spiro atoms. The molecule has 0 aromatic heterocycles. The van der Waals surface area contributed by atoms with E-state index in [1.807, 2.05) is 31.2 Å². The first kappa shape index (κ1) is 18.2. The van der Waals surface area contributed by atoms with Crippen molar-refractivity contribution in [3.8, 4) is 5.75 Å². The lowest BCUT2D eigenvalue weighted by Gasteiger charge is -2.29. The Morgan fingerprint density at radius 3 is 2.54 bits per heavy atom. The monoisotopic (exact) mass is 358 g/mol. The molecular weight excluding hydrogens is 335 g/mol. The van der Waals surface area contributed by atoms with E-state index in [-0.39, 0.29) is 11.7 Å². The summed E-state index contributed by atoms with van der Waals surface area (Å²) in [7, 11) is 0. The highest BCUT2D eigenvalue weighted by Gasteiger charge is 2.20. The molecule has 1 fully saturated rings. The highest BCUT2D eigenvalue weighted by atomic mass is 19.1. The van der Waals surface area contributed by atoms with Gasteiger partial charge in [0.15, 0.2) is 17.7 Å². The summed E-state index contributed by atoms with van der Waals surface area (Å²) in [6.45, 7) is 5.00. The van der Waals surface area contributed by atoms with Gasteiger partial charge in [0.25, 0.3) is 5.91 Å². The first-order valence-electron chi connectivity index (χ1n) is 8.82. The van der Waals surface area contributed by atoms with Crippen molar-refractivity contribution in [2.75, 3.05) is 36.5 Å². The largest absolute Gasteiger partial charge is 0.478 e. The van der Waals surface area contributed by atoms with E-state index in [9.17, 15) is 9.18 Å². The molecule has 6 heteroatoms. The van der Waals surface area contributed by atoms with E-state index in [1.54, 1.807) is 12.1 Å². The Bertz CT molecular complexity index is 730. The Morgan fingerprint density at radius 1 is 1.19 bits per heavy atom. The minimum Gasteiger partial charge on any atom is -0.478 e. The zero-order valence-electron chi connectivity index (χ0n) is 14.8. The number of hydrogen-bond donors (Lipinski definition) is 1. The highest BCUT2D eigenvalue weighted by molar-refractivity contribution is 5.94. The predicted molar refractivity (Wildman–Crippen MR) is 99.2 cm³/mol. The van der Waals surface area contributed by atoms with Crippen LogP contribution in [-0.4, -0.2) is 38.3 Å². The molecule has 1 aliphatic heterocycles. The minimum atomic E-state index is -0.759. The number of halogens is 1. The number of hydrogen-bond acceptors (Lipinski definition) is 4. The van der Waals surface area contributed by atoms with Crippen molar-refractivity contribution in [2.45, 2.75) is 19.4 Å². The zero-order chi connectivity index (χ0) is 18.4. The fraction of sp³-hybridized carbons (Fsp3) is 0.350. The zero-order valence-corrected chi connectivity index (χ0v) is 14.8. The van der Waals surface area contributed by atoms with Crippen LogP contribution in [0, 0.1) is 5.82 Å². The van der Waals surface area contributed by atoms with Crippen LogP contribution in [0.4, 0.5) is 15.8 Å². The van der Waals surface area contributed by atoms with Crippen LogP contribution in [0.3, 0.4) is 0 Å². The van der Waals surface area contributed by atoms with Gasteiger partial charge in [-0.25, -0.2) is 4.39 Å². The fourth-order valence-electron chi connectivity index (χ4n) is 2.82. The van der Waals surface area contributed by atoms with E-state index in [1.165, 1.54) is 12.1 Å². The molecule has 1 saturated heterocycles. The standard InChI is InChI=1S/C20H23FN2O3/c1-2-18(26-19-6-4-3-5-17(19)21)20(24)22-15-7-9-16(10-8-15)23-11-13-25-14-12-23/h3-10,18H,2,11-14H2,1H3,(H,22,24)/t18-/m0/s1. The number of amides is 1. The van der Waals surface area contributed by atoms with Gasteiger partial charge in [-0.1, -0.05) is 19.1 Å². The smallest absolute Gasteiger partial charge is 0.265 e. The summed E-state index contributed by atoms with van der Waals surface area (Å²) >= 11 is 0. The van der Waals surface area contributed by atoms with Crippen LogP contribution >= 0.6 is 0 Å². The molecular formula is C20H23FN2O3. The molecule has 5 nitrogen and oxygen atoms in total. The van der Waals surface area contributed by atoms with Crippen LogP contribution in [0.15, 0.2) is 48.5 Å². The molecule has 0 unspecified atom stereocenters. The van der Waals surface area contributed by atoms with E-state index in [0.717, 1.165) is 32.0 Å². The van der Waals surface area contributed by atoms with Crippen LogP contribution in [0.5, 0.6) is 5.75 Å². The van der Waals surface area contributed by atoms with Gasteiger partial charge in [-0.05, 0) is 42.8 Å². The molecule has 26 heavy (non-hydrogen) atoms. The van der Waals surface area contributed by atoms with Crippen molar-refractivity contribution in [3.05, 3.63) is 54.3 Å². The highest BCUT2D eigenvalue weighted by Crippen LogP contribution is 2.21. The summed E-state index contributed by atoms with van der Waals surface area (Å²) in [6.07, 6.45) is -0.322. The van der Waals surface area contributed by atoms with Crippen LogP contribution in [-0.2, 0) is 9.53 Å². The predicted octanol–water partition coefficient (Wildman–Crippen LogP) is 3.46. The number of benzene rings is 2. The van der Waals surface area contributed by atoms with Gasteiger partial charge < -0.3 is 19.7 Å². The molecule has 0 bridgehead atoms. The van der Waals surface area contributed by atoms with Crippen molar-refractivity contribution >= 4 is 17.3 Å². The van der Waals surface area contributed by atoms with Crippen molar-refractivity contribution < 1.29 is 18.7 Å². The number of morpholine rings is 1. The van der Waals surface area contributed by atoms with Gasteiger partial charge in [0.1, 0.15) is 0 Å². The van der Waals surface area contributed by atoms with Gasteiger partial charge in [-0.15, -0.1) is 0 Å². The summed E-state index contributed by atoms with van der Waals surface area (Å²) in [6, 6.07) is 13.7. The second kappa shape index (κ2) is 8.67. The van der Waals surface area contributed by atoms with Gasteiger partial charge in [0.05, 0.1) is 13.2 Å². The first-order chi connectivity index (χ1) is 12.7. The molecule has 138 valence electrons. The molecule has 1 heterocycles. The molecule has 1 aliphatic rings. The molecule has 1 atom stereocenters. The summed E-state index contributed by atoms with van der Waals surface area (Å²) in [5.41, 5.74) is 1.78. The number of rotatable bonds is 6. The number of para-hydroxylation sites is 1. The van der Waals surface area contributed by atoms with Crippen molar-refractivity contribution in [3.63, 3.8) is 0 Å². The lowest BCUT2D eigenvalue weighted by atomic mass is 10.2. The second-order valence-corrected chi connectivity index (χ2v) is 6.08. The lowest BCUT2D eigenvalue weighted by Crippen LogP contribution is -2.36. The van der Waals surface area contributed by atoms with E-state index in [0.29, 0.717) is 12.1 Å². The molecule has 0 aliphatic carbocycles. The van der Waals surface area contributed by atoms with Crippen molar-refractivity contribution in [2.24, 2.45) is 0 Å². The summed E-state index contributed by atoms with van der Waals surface area (Å²) in [4.78, 5) is 14.7. The number of carbonyl (C=O) groups excluding carboxylic acids is 1. The van der Waals surface area contributed by atoms with E-state index < -0.39 is 11.9 Å². The van der Waals surface area contributed by atoms with Crippen molar-refractivity contribution in [1.29, 1.82) is 0 Å². The van der Waals surface area contributed by atoms with Crippen LogP contribution in [0.2, 0.25) is 0 Å². The SMILES string of the molecule is CC[C@H](Oc1ccccc1F)C(=O)Nc1ccc(N2CCOCC2)cc1. The summed E-state index contributed by atoms with van der Waals surface area (Å²) < 4.78 is 24.6. The average molecular weight is 358 g/mol. The lowest BCUT2D eigenvalue weighted by molar-refractivity contribution is -0.122. The molecule has 2 aromatic carbocycles. The van der Waals surface area contributed by atoms with Crippen LogP contribution < -0.4 is 15.0 Å². The van der Waals surface area contributed by atoms with Crippen LogP contribution in [0.25, 0.3) is 0 Å². The van der Waals surface area contributed by atoms with Gasteiger partial charge in [-0.3, -0.25) is 4.79 Å². The van der Waals surface area contributed by atoms with Crippen molar-refractivity contribution in [1.82, 2.24) is 0 Å². The first-order valence-corrected chi connectivity index (χ1v) is 8.82. The van der Waals surface area contributed by atoms with Gasteiger partial charge >= 0.3 is 0 Å². The maximum Gasteiger partial charge on any atom is 0.265 e. The van der Waals surface area contributed by atoms with Gasteiger partial charge in [-0.2, -0.15) is 0 Å². The molecule has 1 N–H and O–H groups in total. The molecule has 1 amide bonds. The maximum atomic E-state index is 13.7. The quantitative estimate of drug-likeness (QED) is 0.859. The number of nitrogens with zero attached hydrogens (tertiary/aromatic N) is 1.